The van der Waals surface area contributed by atoms with Crippen LogP contribution in [0.1, 0.15) is 20.8 Å². The maximum absolute atomic E-state index is 5.69. The fraction of sp³-hybridized carbons (Fsp3) is 1.00. The highest BCUT2D eigenvalue weighted by atomic mass is 28.1. The number of hydrogen-bond acceptors (Lipinski definition) is 8. The smallest absolute Gasteiger partial charge is 0.275 e. The molecular formula is C11H24O8Si. The third kappa shape index (κ3) is 6.57. The number of rotatable bonds is 13. The minimum absolute atomic E-state index is 0.0772. The van der Waals surface area contributed by atoms with E-state index >= 15 is 0 Å². The van der Waals surface area contributed by atoms with Gasteiger partial charge in [-0.25, -0.2) is 19.6 Å². The Morgan fingerprint density at radius 1 is 1.10 bits per heavy atom. The lowest BCUT2D eigenvalue weighted by molar-refractivity contribution is -0.534. The molecule has 0 bridgehead atoms. The van der Waals surface area contributed by atoms with Crippen LogP contribution in [-0.4, -0.2) is 61.1 Å². The average molecular weight is 312 g/mol. The molecule has 9 heteroatoms. The van der Waals surface area contributed by atoms with Crippen LogP contribution in [0.15, 0.2) is 0 Å². The van der Waals surface area contributed by atoms with E-state index in [4.69, 9.17) is 38.8 Å². The van der Waals surface area contributed by atoms with Crippen LogP contribution in [0.25, 0.3) is 0 Å². The molecular weight excluding hydrogens is 288 g/mol. The largest absolute Gasteiger partial charge is 0.371 e. The van der Waals surface area contributed by atoms with Gasteiger partial charge in [0.25, 0.3) is 6.29 Å². The van der Waals surface area contributed by atoms with Crippen LogP contribution < -0.4 is 0 Å². The molecule has 120 valence electrons. The SMILES string of the molecule is CCOOC(OOCC)C([SiH3])(OCC1CO1)OOCC. The topological polar surface area (TPSA) is 77.1 Å². The van der Waals surface area contributed by atoms with E-state index in [2.05, 4.69) is 0 Å². The van der Waals surface area contributed by atoms with E-state index in [1.807, 2.05) is 0 Å². The molecule has 0 amide bonds. The Balaban J connectivity index is 2.59. The van der Waals surface area contributed by atoms with Crippen LogP contribution >= 0.6 is 0 Å². The lowest BCUT2D eigenvalue weighted by atomic mass is 10.5. The Bertz CT molecular complexity index is 245. The molecule has 0 spiro atoms. The van der Waals surface area contributed by atoms with Crippen molar-refractivity contribution in [2.45, 2.75) is 38.6 Å². The quantitative estimate of drug-likeness (QED) is 0.150. The second kappa shape index (κ2) is 9.76. The molecule has 0 aromatic rings. The Kier molecular flexibility index (Phi) is 8.76. The minimum Gasteiger partial charge on any atom is -0.371 e. The Morgan fingerprint density at radius 2 is 1.65 bits per heavy atom. The van der Waals surface area contributed by atoms with E-state index in [-0.39, 0.29) is 6.10 Å². The van der Waals surface area contributed by atoms with Crippen molar-refractivity contribution < 1.29 is 38.8 Å². The zero-order valence-corrected chi connectivity index (χ0v) is 14.5. The fourth-order valence-electron chi connectivity index (χ4n) is 1.18. The molecule has 1 heterocycles. The van der Waals surface area contributed by atoms with Crippen LogP contribution in [0, 0.1) is 0 Å². The molecule has 20 heavy (non-hydrogen) atoms. The van der Waals surface area contributed by atoms with E-state index in [9.17, 15) is 0 Å². The van der Waals surface area contributed by atoms with Crippen molar-refractivity contribution in [3.8, 4) is 0 Å². The van der Waals surface area contributed by atoms with Crippen LogP contribution in [0.2, 0.25) is 0 Å². The summed E-state index contributed by atoms with van der Waals surface area (Å²) < 4.78 is 10.8. The number of epoxide rings is 1. The van der Waals surface area contributed by atoms with Crippen molar-refractivity contribution in [2.75, 3.05) is 33.0 Å². The van der Waals surface area contributed by atoms with E-state index in [0.717, 1.165) is 0 Å². The molecule has 8 nitrogen and oxygen atoms in total. The predicted molar refractivity (Wildman–Crippen MR) is 70.3 cm³/mol. The first-order valence-corrected chi connectivity index (χ1v) is 7.79. The highest BCUT2D eigenvalue weighted by Gasteiger charge is 2.43. The Morgan fingerprint density at radius 3 is 2.10 bits per heavy atom. The molecule has 0 aromatic heterocycles. The molecule has 0 aromatic carbocycles. The van der Waals surface area contributed by atoms with Gasteiger partial charge in [-0.3, -0.25) is 0 Å². The van der Waals surface area contributed by atoms with Gasteiger partial charge in [0.2, 0.25) is 5.41 Å². The van der Waals surface area contributed by atoms with Crippen molar-refractivity contribution in [2.24, 2.45) is 0 Å². The van der Waals surface area contributed by atoms with Crippen LogP contribution in [0.4, 0.5) is 0 Å². The highest BCUT2D eigenvalue weighted by molar-refractivity contribution is 6.13. The molecule has 1 rings (SSSR count). The van der Waals surface area contributed by atoms with Crippen molar-refractivity contribution in [3.05, 3.63) is 0 Å². The molecule has 0 aliphatic carbocycles. The minimum atomic E-state index is -1.22. The summed E-state index contributed by atoms with van der Waals surface area (Å²) in [6, 6.07) is 0. The van der Waals surface area contributed by atoms with Gasteiger partial charge in [-0.05, 0) is 20.8 Å². The number of ether oxygens (including phenoxy) is 2. The summed E-state index contributed by atoms with van der Waals surface area (Å²) in [6.07, 6.45) is -0.937. The summed E-state index contributed by atoms with van der Waals surface area (Å²) in [5.41, 5.74) is -1.22. The lowest BCUT2D eigenvalue weighted by Gasteiger charge is -2.33. The molecule has 1 aliphatic rings. The van der Waals surface area contributed by atoms with Crippen LogP contribution in [-0.2, 0) is 38.8 Å². The maximum atomic E-state index is 5.69. The lowest BCUT2D eigenvalue weighted by Crippen LogP contribution is -2.51. The molecule has 2 atom stereocenters. The van der Waals surface area contributed by atoms with Crippen LogP contribution in [0.5, 0.6) is 0 Å². The normalized spacial score (nSPS) is 21.3. The molecule has 0 N–H and O–H groups in total. The van der Waals surface area contributed by atoms with Gasteiger partial charge in [0.05, 0.1) is 43.3 Å². The first-order valence-electron chi connectivity index (χ1n) is 6.79. The van der Waals surface area contributed by atoms with Gasteiger partial charge < -0.3 is 9.47 Å². The van der Waals surface area contributed by atoms with E-state index in [0.29, 0.717) is 43.3 Å². The van der Waals surface area contributed by atoms with Gasteiger partial charge in [-0.1, -0.05) is 0 Å². The second-order valence-electron chi connectivity index (χ2n) is 4.11. The maximum Gasteiger partial charge on any atom is 0.275 e. The van der Waals surface area contributed by atoms with E-state index < -0.39 is 11.7 Å². The fourth-order valence-corrected chi connectivity index (χ4v) is 1.66. The molecule has 1 fully saturated rings. The summed E-state index contributed by atoms with van der Waals surface area (Å²) in [6.45, 7) is 7.47. The summed E-state index contributed by atoms with van der Waals surface area (Å²) in [4.78, 5) is 30.4. The third-order valence-corrected chi connectivity index (χ3v) is 3.20. The summed E-state index contributed by atoms with van der Waals surface area (Å²) in [5.74, 6) is 0. The standard InChI is InChI=1S/C11H24O8Si/c1-4-14-17-10(18-15-5-2)11(20,19-16-6-3)13-8-9-7-12-9/h9-10H,4-8H2,1-3,20H3. The number of hydrogen-bond donors (Lipinski definition) is 0. The van der Waals surface area contributed by atoms with E-state index in [1.54, 1.807) is 20.8 Å². The van der Waals surface area contributed by atoms with Gasteiger partial charge in [-0.2, -0.15) is 9.78 Å². The average Bonchev–Trinajstić information content (AvgIpc) is 3.27. The molecule has 1 aliphatic heterocycles. The summed E-state index contributed by atoms with van der Waals surface area (Å²) in [5, 5.41) is 0. The van der Waals surface area contributed by atoms with Gasteiger partial charge in [0.15, 0.2) is 0 Å². The highest BCUT2D eigenvalue weighted by Crippen LogP contribution is 2.22. The molecule has 0 radical (unpaired) electrons. The second-order valence-corrected chi connectivity index (χ2v) is 5.50. The zero-order valence-electron chi connectivity index (χ0n) is 12.5. The molecule has 0 saturated carbocycles. The van der Waals surface area contributed by atoms with Gasteiger partial charge >= 0.3 is 0 Å². The van der Waals surface area contributed by atoms with Gasteiger partial charge in [0, 0.05) is 0 Å². The first-order chi connectivity index (χ1) is 9.66. The summed E-state index contributed by atoms with van der Waals surface area (Å²) in [7, 11) is 0.398. The summed E-state index contributed by atoms with van der Waals surface area (Å²) >= 11 is 0. The van der Waals surface area contributed by atoms with Gasteiger partial charge in [-0.15, -0.1) is 0 Å². The van der Waals surface area contributed by atoms with Crippen molar-refractivity contribution in [1.29, 1.82) is 0 Å². The van der Waals surface area contributed by atoms with Crippen molar-refractivity contribution in [3.63, 3.8) is 0 Å². The molecule has 1 saturated heterocycles. The van der Waals surface area contributed by atoms with E-state index in [1.165, 1.54) is 0 Å². The van der Waals surface area contributed by atoms with Crippen molar-refractivity contribution >= 4 is 10.2 Å². The monoisotopic (exact) mass is 312 g/mol. The first kappa shape index (κ1) is 17.9. The predicted octanol–water partition coefficient (Wildman–Crippen LogP) is -0.349. The Hall–Kier alpha value is -0.103. The molecule has 2 unspecified atom stereocenters. The van der Waals surface area contributed by atoms with Crippen LogP contribution in [0.3, 0.4) is 0 Å². The Labute approximate surface area is 121 Å². The van der Waals surface area contributed by atoms with Gasteiger partial charge in [0.1, 0.15) is 6.10 Å². The third-order valence-electron chi connectivity index (χ3n) is 2.28. The zero-order chi connectivity index (χ0) is 14.8. The van der Waals surface area contributed by atoms with Crippen molar-refractivity contribution in [1.82, 2.24) is 0 Å².